The van der Waals surface area contributed by atoms with Gasteiger partial charge in [-0.3, -0.25) is 4.79 Å². The van der Waals surface area contributed by atoms with Crippen LogP contribution in [0.2, 0.25) is 0 Å². The fourth-order valence-corrected chi connectivity index (χ4v) is 1.67. The van der Waals surface area contributed by atoms with Gasteiger partial charge in [0.2, 0.25) is 0 Å². The molecule has 3 nitrogen and oxygen atoms in total. The van der Waals surface area contributed by atoms with E-state index in [4.69, 9.17) is 10.5 Å². The lowest BCUT2D eigenvalue weighted by molar-refractivity contribution is -0.143. The summed E-state index contributed by atoms with van der Waals surface area (Å²) in [5, 5.41) is 0. The van der Waals surface area contributed by atoms with E-state index >= 15 is 0 Å². The lowest BCUT2D eigenvalue weighted by Crippen LogP contribution is -2.17. The maximum Gasteiger partial charge on any atom is 0.307 e. The molecular formula is C11H14BrNO2. The number of benzene rings is 1. The molecule has 0 bridgehead atoms. The van der Waals surface area contributed by atoms with Crippen LogP contribution in [0.15, 0.2) is 28.7 Å². The molecule has 0 spiro atoms. The largest absolute Gasteiger partial charge is 0.466 e. The average Bonchev–Trinajstić information content (AvgIpc) is 2.18. The van der Waals surface area contributed by atoms with Gasteiger partial charge in [-0.15, -0.1) is 0 Å². The molecule has 1 rings (SSSR count). The summed E-state index contributed by atoms with van der Waals surface area (Å²) in [4.78, 5) is 11.2. The first-order chi connectivity index (χ1) is 7.13. The molecule has 0 aliphatic heterocycles. The molecule has 0 aromatic heterocycles. The van der Waals surface area contributed by atoms with Crippen molar-refractivity contribution in [3.63, 3.8) is 0 Å². The summed E-state index contributed by atoms with van der Waals surface area (Å²) in [6.07, 6.45) is 0.213. The summed E-state index contributed by atoms with van der Waals surface area (Å²) < 4.78 is 5.79. The highest BCUT2D eigenvalue weighted by Gasteiger charge is 2.12. The van der Waals surface area contributed by atoms with Crippen LogP contribution in [-0.4, -0.2) is 12.6 Å². The van der Waals surface area contributed by atoms with E-state index in [0.717, 1.165) is 10.0 Å². The van der Waals surface area contributed by atoms with E-state index in [9.17, 15) is 4.79 Å². The molecule has 0 aliphatic carbocycles. The normalized spacial score (nSPS) is 12.2. The number of hydrogen-bond donors (Lipinski definition) is 1. The summed E-state index contributed by atoms with van der Waals surface area (Å²) in [7, 11) is 0. The molecule has 4 heteroatoms. The van der Waals surface area contributed by atoms with E-state index in [0.29, 0.717) is 6.61 Å². The molecule has 1 aromatic carbocycles. The topological polar surface area (TPSA) is 52.3 Å². The third kappa shape index (κ3) is 4.01. The van der Waals surface area contributed by atoms with Crippen molar-refractivity contribution in [3.05, 3.63) is 34.3 Å². The van der Waals surface area contributed by atoms with Gasteiger partial charge in [0.15, 0.2) is 0 Å². The Balaban J connectivity index is 2.60. The monoisotopic (exact) mass is 271 g/mol. The minimum atomic E-state index is -0.304. The zero-order valence-electron chi connectivity index (χ0n) is 8.57. The molecule has 0 heterocycles. The van der Waals surface area contributed by atoms with Crippen molar-refractivity contribution in [3.8, 4) is 0 Å². The SMILES string of the molecule is CCOC(=O)C[C@H](N)c1cccc(Br)c1. The quantitative estimate of drug-likeness (QED) is 0.856. The summed E-state index contributed by atoms with van der Waals surface area (Å²) in [5.41, 5.74) is 6.80. The molecule has 82 valence electrons. The minimum Gasteiger partial charge on any atom is -0.466 e. The predicted octanol–water partition coefficient (Wildman–Crippen LogP) is 2.40. The van der Waals surface area contributed by atoms with Gasteiger partial charge in [-0.25, -0.2) is 0 Å². The number of rotatable bonds is 4. The Labute approximate surface area is 97.7 Å². The van der Waals surface area contributed by atoms with Crippen LogP contribution in [0.4, 0.5) is 0 Å². The van der Waals surface area contributed by atoms with Gasteiger partial charge in [0.1, 0.15) is 0 Å². The highest BCUT2D eigenvalue weighted by molar-refractivity contribution is 9.10. The molecule has 0 amide bonds. The number of ether oxygens (including phenoxy) is 1. The summed E-state index contributed by atoms with van der Waals surface area (Å²) in [5.74, 6) is -0.259. The Morgan fingerprint density at radius 3 is 2.93 bits per heavy atom. The number of nitrogens with two attached hydrogens (primary N) is 1. The molecule has 1 aromatic rings. The number of esters is 1. The molecule has 15 heavy (non-hydrogen) atoms. The molecule has 2 N–H and O–H groups in total. The number of carbonyl (C=O) groups excluding carboxylic acids is 1. The van der Waals surface area contributed by atoms with Crippen molar-refractivity contribution in [1.82, 2.24) is 0 Å². The van der Waals surface area contributed by atoms with Gasteiger partial charge in [0.25, 0.3) is 0 Å². The summed E-state index contributed by atoms with van der Waals surface area (Å²) in [6.45, 7) is 2.17. The predicted molar refractivity (Wildman–Crippen MR) is 62.3 cm³/mol. The lowest BCUT2D eigenvalue weighted by Gasteiger charge is -2.11. The third-order valence-corrected chi connectivity index (χ3v) is 2.46. The van der Waals surface area contributed by atoms with Gasteiger partial charge >= 0.3 is 5.97 Å². The minimum absolute atomic E-state index is 0.213. The van der Waals surface area contributed by atoms with Gasteiger partial charge in [0, 0.05) is 10.5 Å². The number of hydrogen-bond acceptors (Lipinski definition) is 3. The molecule has 0 unspecified atom stereocenters. The smallest absolute Gasteiger partial charge is 0.307 e. The van der Waals surface area contributed by atoms with Crippen LogP contribution in [0.5, 0.6) is 0 Å². The van der Waals surface area contributed by atoms with E-state index < -0.39 is 0 Å². The van der Waals surface area contributed by atoms with E-state index in [1.165, 1.54) is 0 Å². The van der Waals surface area contributed by atoms with Gasteiger partial charge in [0.05, 0.1) is 13.0 Å². The fraction of sp³-hybridized carbons (Fsp3) is 0.364. The molecule has 1 atom stereocenters. The molecule has 0 radical (unpaired) electrons. The van der Waals surface area contributed by atoms with E-state index in [1.54, 1.807) is 6.92 Å². The Morgan fingerprint density at radius 1 is 1.60 bits per heavy atom. The first kappa shape index (κ1) is 12.2. The van der Waals surface area contributed by atoms with Gasteiger partial charge in [-0.1, -0.05) is 28.1 Å². The first-order valence-electron chi connectivity index (χ1n) is 4.80. The van der Waals surface area contributed by atoms with Crippen molar-refractivity contribution in [2.24, 2.45) is 5.73 Å². The third-order valence-electron chi connectivity index (χ3n) is 1.97. The van der Waals surface area contributed by atoms with Crippen molar-refractivity contribution in [2.45, 2.75) is 19.4 Å². The molecule has 0 aliphatic rings. The van der Waals surface area contributed by atoms with Crippen molar-refractivity contribution < 1.29 is 9.53 Å². The Kier molecular flexibility index (Phi) is 4.78. The average molecular weight is 272 g/mol. The van der Waals surface area contributed by atoms with Crippen molar-refractivity contribution in [2.75, 3.05) is 6.61 Å². The Morgan fingerprint density at radius 2 is 2.33 bits per heavy atom. The number of halogens is 1. The Hall–Kier alpha value is -0.870. The van der Waals surface area contributed by atoms with E-state index in [1.807, 2.05) is 24.3 Å². The van der Waals surface area contributed by atoms with E-state index in [2.05, 4.69) is 15.9 Å². The van der Waals surface area contributed by atoms with E-state index in [-0.39, 0.29) is 18.4 Å². The maximum atomic E-state index is 11.2. The van der Waals surface area contributed by atoms with Crippen LogP contribution >= 0.6 is 15.9 Å². The first-order valence-corrected chi connectivity index (χ1v) is 5.59. The lowest BCUT2D eigenvalue weighted by atomic mass is 10.1. The van der Waals surface area contributed by atoms with Crippen LogP contribution in [0.1, 0.15) is 24.9 Å². The van der Waals surface area contributed by atoms with Gasteiger partial charge in [-0.2, -0.15) is 0 Å². The standard InChI is InChI=1S/C11H14BrNO2/c1-2-15-11(14)7-10(13)8-4-3-5-9(12)6-8/h3-6,10H,2,7,13H2,1H3/t10-/m0/s1. The highest BCUT2D eigenvalue weighted by atomic mass is 79.9. The van der Waals surface area contributed by atoms with Gasteiger partial charge < -0.3 is 10.5 Å². The second-order valence-electron chi connectivity index (χ2n) is 3.17. The van der Waals surface area contributed by atoms with Crippen molar-refractivity contribution >= 4 is 21.9 Å². The highest BCUT2D eigenvalue weighted by Crippen LogP contribution is 2.19. The molecular weight excluding hydrogens is 258 g/mol. The summed E-state index contributed by atoms with van der Waals surface area (Å²) >= 11 is 3.36. The van der Waals surface area contributed by atoms with Crippen LogP contribution in [-0.2, 0) is 9.53 Å². The second-order valence-corrected chi connectivity index (χ2v) is 4.09. The van der Waals surface area contributed by atoms with Gasteiger partial charge in [-0.05, 0) is 24.6 Å². The van der Waals surface area contributed by atoms with Crippen LogP contribution in [0, 0.1) is 0 Å². The molecule has 0 saturated heterocycles. The second kappa shape index (κ2) is 5.88. The molecule has 0 saturated carbocycles. The van der Waals surface area contributed by atoms with Crippen LogP contribution in [0.3, 0.4) is 0 Å². The maximum absolute atomic E-state index is 11.2. The zero-order chi connectivity index (χ0) is 11.3. The fourth-order valence-electron chi connectivity index (χ4n) is 1.25. The van der Waals surface area contributed by atoms with Crippen molar-refractivity contribution in [1.29, 1.82) is 0 Å². The number of carbonyl (C=O) groups is 1. The zero-order valence-corrected chi connectivity index (χ0v) is 10.2. The summed E-state index contributed by atoms with van der Waals surface area (Å²) in [6, 6.07) is 7.31. The van der Waals surface area contributed by atoms with Crippen LogP contribution < -0.4 is 5.73 Å². The Bertz CT molecular complexity index is 341. The molecule has 0 fully saturated rings. The van der Waals surface area contributed by atoms with Crippen LogP contribution in [0.25, 0.3) is 0 Å².